The molecule has 4 heterocycles. The van der Waals surface area contributed by atoms with Crippen molar-refractivity contribution in [2.24, 2.45) is 5.41 Å². The van der Waals surface area contributed by atoms with Crippen LogP contribution in [0.2, 0.25) is 0 Å². The Morgan fingerprint density at radius 3 is 2.73 bits per heavy atom. The van der Waals surface area contributed by atoms with Gasteiger partial charge in [0.25, 0.3) is 5.91 Å². The highest BCUT2D eigenvalue weighted by Gasteiger charge is 2.54. The summed E-state index contributed by atoms with van der Waals surface area (Å²) in [6.45, 7) is 1.17. The van der Waals surface area contributed by atoms with E-state index in [-0.39, 0.29) is 23.2 Å². The van der Waals surface area contributed by atoms with E-state index < -0.39 is 18.1 Å². The van der Waals surface area contributed by atoms with Gasteiger partial charge in [-0.2, -0.15) is 0 Å². The number of ether oxygens (including phenoxy) is 1. The summed E-state index contributed by atoms with van der Waals surface area (Å²) in [6, 6.07) is 3.21. The molecule has 33 heavy (non-hydrogen) atoms. The molecule has 0 atom stereocenters. The standard InChI is InChI=1S/C20H17F3N6O3S/c21-20(22,23)32-12-1-3-24-14(5-12)28-18(31)27-11-6-19(7-11)8-29(9-19)17(30)15-16-13(2-4-33-16)25-10-26-15/h1-5,10-11H,6-9H2,(H2,24,27,28,31). The Bertz CT molecular complexity index is 1220. The van der Waals surface area contributed by atoms with Crippen molar-refractivity contribution in [3.05, 3.63) is 41.8 Å². The second-order valence-electron chi connectivity index (χ2n) is 8.15. The predicted octanol–water partition coefficient (Wildman–Crippen LogP) is 3.41. The van der Waals surface area contributed by atoms with Gasteiger partial charge < -0.3 is 15.0 Å². The topological polar surface area (TPSA) is 109 Å². The molecule has 3 aromatic rings. The van der Waals surface area contributed by atoms with E-state index in [4.69, 9.17) is 0 Å². The van der Waals surface area contributed by atoms with E-state index in [2.05, 4.69) is 30.3 Å². The van der Waals surface area contributed by atoms with Crippen molar-refractivity contribution in [1.82, 2.24) is 25.2 Å². The number of thiophene rings is 1. The first-order chi connectivity index (χ1) is 15.7. The highest BCUT2D eigenvalue weighted by Crippen LogP contribution is 2.48. The van der Waals surface area contributed by atoms with Crippen LogP contribution in [-0.2, 0) is 0 Å². The highest BCUT2D eigenvalue weighted by molar-refractivity contribution is 7.17. The third-order valence-corrected chi connectivity index (χ3v) is 6.60. The Morgan fingerprint density at radius 1 is 1.18 bits per heavy atom. The van der Waals surface area contributed by atoms with Crippen molar-refractivity contribution in [2.75, 3.05) is 18.4 Å². The second kappa shape index (κ2) is 7.83. The number of hydrogen-bond acceptors (Lipinski definition) is 7. The third-order valence-electron chi connectivity index (χ3n) is 5.69. The van der Waals surface area contributed by atoms with Crippen molar-refractivity contribution in [1.29, 1.82) is 0 Å². The number of likely N-dealkylation sites (tertiary alicyclic amines) is 1. The van der Waals surface area contributed by atoms with E-state index in [1.54, 1.807) is 4.90 Å². The fraction of sp³-hybridized carbons (Fsp3) is 0.350. The molecular formula is C20H17F3N6O3S. The minimum Gasteiger partial charge on any atom is -0.406 e. The molecule has 2 aliphatic rings. The van der Waals surface area contributed by atoms with Gasteiger partial charge in [0.1, 0.15) is 23.6 Å². The van der Waals surface area contributed by atoms with Crippen molar-refractivity contribution >= 4 is 39.3 Å². The number of nitrogens with one attached hydrogen (secondary N) is 2. The lowest BCUT2D eigenvalue weighted by Gasteiger charge is -2.58. The molecule has 3 amide bonds. The van der Waals surface area contributed by atoms with Gasteiger partial charge in [0, 0.05) is 36.8 Å². The van der Waals surface area contributed by atoms with E-state index in [1.807, 2.05) is 11.4 Å². The van der Waals surface area contributed by atoms with Gasteiger partial charge in [-0.05, 0) is 30.4 Å². The molecular weight excluding hydrogens is 461 g/mol. The van der Waals surface area contributed by atoms with Crippen LogP contribution < -0.4 is 15.4 Å². The number of halogens is 3. The Balaban J connectivity index is 1.10. The quantitative estimate of drug-likeness (QED) is 0.595. The molecule has 2 N–H and O–H groups in total. The molecule has 3 aromatic heterocycles. The summed E-state index contributed by atoms with van der Waals surface area (Å²) < 4.78 is 41.6. The van der Waals surface area contributed by atoms with Crippen LogP contribution in [0.5, 0.6) is 5.75 Å². The molecule has 0 bridgehead atoms. The van der Waals surface area contributed by atoms with E-state index in [0.717, 1.165) is 28.5 Å². The van der Waals surface area contributed by atoms with Crippen LogP contribution in [0.1, 0.15) is 23.3 Å². The zero-order valence-corrected chi connectivity index (χ0v) is 17.7. The molecule has 1 aliphatic carbocycles. The number of carbonyl (C=O) groups excluding carboxylic acids is 2. The van der Waals surface area contributed by atoms with Crippen molar-refractivity contribution in [3.63, 3.8) is 0 Å². The van der Waals surface area contributed by atoms with Crippen molar-refractivity contribution < 1.29 is 27.5 Å². The van der Waals surface area contributed by atoms with E-state index in [9.17, 15) is 22.8 Å². The van der Waals surface area contributed by atoms with Gasteiger partial charge >= 0.3 is 12.4 Å². The molecule has 1 spiro atoms. The number of anilines is 1. The van der Waals surface area contributed by atoms with Gasteiger partial charge in [0.2, 0.25) is 0 Å². The number of fused-ring (bicyclic) bond motifs is 1. The molecule has 9 nitrogen and oxygen atoms in total. The zero-order chi connectivity index (χ0) is 23.2. The first-order valence-corrected chi connectivity index (χ1v) is 10.8. The van der Waals surface area contributed by atoms with Gasteiger partial charge in [-0.1, -0.05) is 0 Å². The number of hydrogen-bond donors (Lipinski definition) is 2. The van der Waals surface area contributed by atoms with Crippen LogP contribution in [0, 0.1) is 5.41 Å². The van der Waals surface area contributed by atoms with Crippen LogP contribution in [0.25, 0.3) is 10.2 Å². The first-order valence-electron chi connectivity index (χ1n) is 9.97. The Kier molecular flexibility index (Phi) is 5.07. The average molecular weight is 478 g/mol. The third kappa shape index (κ3) is 4.40. The number of aromatic nitrogens is 3. The maximum Gasteiger partial charge on any atom is 0.573 e. The number of amides is 3. The van der Waals surface area contributed by atoms with Crippen LogP contribution in [-0.4, -0.2) is 57.3 Å². The maximum absolute atomic E-state index is 12.8. The summed E-state index contributed by atoms with van der Waals surface area (Å²) in [5, 5.41) is 7.06. The summed E-state index contributed by atoms with van der Waals surface area (Å²) in [5.74, 6) is -0.664. The molecule has 1 saturated carbocycles. The Labute approximate surface area is 189 Å². The number of rotatable bonds is 4. The average Bonchev–Trinajstić information content (AvgIpc) is 3.16. The molecule has 0 radical (unpaired) electrons. The smallest absolute Gasteiger partial charge is 0.406 e. The van der Waals surface area contributed by atoms with Crippen molar-refractivity contribution in [2.45, 2.75) is 25.2 Å². The van der Waals surface area contributed by atoms with Gasteiger partial charge in [-0.15, -0.1) is 24.5 Å². The number of alkyl halides is 3. The number of carbonyl (C=O) groups is 2. The maximum atomic E-state index is 12.8. The zero-order valence-electron chi connectivity index (χ0n) is 16.9. The fourth-order valence-electron chi connectivity index (χ4n) is 4.36. The van der Waals surface area contributed by atoms with E-state index in [0.29, 0.717) is 31.6 Å². The van der Waals surface area contributed by atoms with Crippen molar-refractivity contribution in [3.8, 4) is 5.75 Å². The SMILES string of the molecule is O=C(Nc1cc(OC(F)(F)F)ccn1)NC1CC2(C1)CN(C(=O)c1ncnc3ccsc13)C2. The second-order valence-corrected chi connectivity index (χ2v) is 9.06. The molecule has 0 unspecified atom stereocenters. The minimum absolute atomic E-state index is 0.0338. The molecule has 0 aromatic carbocycles. The number of nitrogens with zero attached hydrogens (tertiary/aromatic N) is 4. The Hall–Kier alpha value is -3.48. The molecule has 2 fully saturated rings. The first kappa shape index (κ1) is 21.4. The summed E-state index contributed by atoms with van der Waals surface area (Å²) in [7, 11) is 0. The molecule has 1 aliphatic heterocycles. The summed E-state index contributed by atoms with van der Waals surface area (Å²) >= 11 is 1.43. The van der Waals surface area contributed by atoms with Gasteiger partial charge in [-0.25, -0.2) is 19.7 Å². The van der Waals surface area contributed by atoms with Gasteiger partial charge in [0.15, 0.2) is 0 Å². The molecule has 1 saturated heterocycles. The lowest BCUT2D eigenvalue weighted by atomic mass is 9.60. The van der Waals surface area contributed by atoms with Crippen LogP contribution in [0.3, 0.4) is 0 Å². The number of pyridine rings is 1. The monoisotopic (exact) mass is 478 g/mol. The van der Waals surface area contributed by atoms with Crippen LogP contribution in [0.4, 0.5) is 23.8 Å². The lowest BCUT2D eigenvalue weighted by molar-refractivity contribution is -0.274. The summed E-state index contributed by atoms with van der Waals surface area (Å²) in [4.78, 5) is 38.9. The normalized spacial score (nSPS) is 17.4. The fourth-order valence-corrected chi connectivity index (χ4v) is 5.18. The van der Waals surface area contributed by atoms with Gasteiger partial charge in [-0.3, -0.25) is 10.1 Å². The molecule has 5 rings (SSSR count). The number of urea groups is 1. The van der Waals surface area contributed by atoms with Gasteiger partial charge in [0.05, 0.1) is 10.2 Å². The lowest BCUT2D eigenvalue weighted by Crippen LogP contribution is -2.67. The predicted molar refractivity (Wildman–Crippen MR) is 112 cm³/mol. The van der Waals surface area contributed by atoms with Crippen LogP contribution >= 0.6 is 11.3 Å². The van der Waals surface area contributed by atoms with E-state index >= 15 is 0 Å². The summed E-state index contributed by atoms with van der Waals surface area (Å²) in [5.41, 5.74) is 1.12. The highest BCUT2D eigenvalue weighted by atomic mass is 32.1. The largest absolute Gasteiger partial charge is 0.573 e. The van der Waals surface area contributed by atoms with E-state index in [1.165, 1.54) is 17.7 Å². The minimum atomic E-state index is -4.83. The Morgan fingerprint density at radius 2 is 1.97 bits per heavy atom. The van der Waals surface area contributed by atoms with Crippen LogP contribution in [0.15, 0.2) is 36.1 Å². The molecule has 172 valence electrons. The summed E-state index contributed by atoms with van der Waals surface area (Å²) in [6.07, 6.45) is -0.932. The molecule has 13 heteroatoms.